The van der Waals surface area contributed by atoms with Crippen molar-refractivity contribution in [1.29, 1.82) is 0 Å². The van der Waals surface area contributed by atoms with Crippen LogP contribution < -0.4 is 5.73 Å². The maximum Gasteiger partial charge on any atom is 0.114 e. The molecule has 84 valence electrons. The van der Waals surface area contributed by atoms with E-state index in [1.807, 2.05) is 24.3 Å². The molecule has 1 aromatic carbocycles. The number of nitrogen functional groups attached to an aromatic ring is 1. The van der Waals surface area contributed by atoms with Gasteiger partial charge in [0.15, 0.2) is 0 Å². The molecule has 0 radical (unpaired) electrons. The third-order valence-corrected chi connectivity index (χ3v) is 3.72. The van der Waals surface area contributed by atoms with Gasteiger partial charge in [-0.15, -0.1) is 11.3 Å². The SMILES string of the molecule is CC(C)c1nc(-c2ccc(Cl)cc2)c(N)s1. The second-order valence-electron chi connectivity index (χ2n) is 3.93. The first-order chi connectivity index (χ1) is 7.58. The third-order valence-electron chi connectivity index (χ3n) is 2.28. The Morgan fingerprint density at radius 1 is 1.25 bits per heavy atom. The van der Waals surface area contributed by atoms with E-state index in [0.29, 0.717) is 5.92 Å². The molecule has 0 aliphatic heterocycles. The Bertz CT molecular complexity index is 488. The Morgan fingerprint density at radius 2 is 1.88 bits per heavy atom. The Hall–Kier alpha value is -1.06. The molecule has 0 aliphatic rings. The van der Waals surface area contributed by atoms with E-state index in [4.69, 9.17) is 17.3 Å². The summed E-state index contributed by atoms with van der Waals surface area (Å²) in [7, 11) is 0. The van der Waals surface area contributed by atoms with Crippen LogP contribution in [0.2, 0.25) is 5.02 Å². The van der Waals surface area contributed by atoms with Crippen LogP contribution in [0.15, 0.2) is 24.3 Å². The van der Waals surface area contributed by atoms with Crippen LogP contribution in [0.5, 0.6) is 0 Å². The van der Waals surface area contributed by atoms with Gasteiger partial charge >= 0.3 is 0 Å². The van der Waals surface area contributed by atoms with Gasteiger partial charge < -0.3 is 5.73 Å². The van der Waals surface area contributed by atoms with Crippen LogP contribution in [0.25, 0.3) is 11.3 Å². The average Bonchev–Trinajstić information content (AvgIpc) is 2.62. The van der Waals surface area contributed by atoms with Crippen LogP contribution in [0.4, 0.5) is 5.00 Å². The Kier molecular flexibility index (Phi) is 3.17. The van der Waals surface area contributed by atoms with Crippen LogP contribution in [0.1, 0.15) is 24.8 Å². The number of halogens is 1. The number of nitrogens with zero attached hydrogens (tertiary/aromatic N) is 1. The van der Waals surface area contributed by atoms with Crippen LogP contribution in [0.3, 0.4) is 0 Å². The molecule has 0 unspecified atom stereocenters. The summed E-state index contributed by atoms with van der Waals surface area (Å²) in [5.41, 5.74) is 7.86. The van der Waals surface area contributed by atoms with Crippen molar-refractivity contribution in [2.75, 3.05) is 5.73 Å². The summed E-state index contributed by atoms with van der Waals surface area (Å²) in [6, 6.07) is 7.59. The summed E-state index contributed by atoms with van der Waals surface area (Å²) in [4.78, 5) is 4.56. The predicted molar refractivity (Wildman–Crippen MR) is 71.1 cm³/mol. The van der Waals surface area contributed by atoms with Gasteiger partial charge in [0, 0.05) is 16.5 Å². The van der Waals surface area contributed by atoms with Gasteiger partial charge in [-0.05, 0) is 12.1 Å². The maximum atomic E-state index is 5.97. The van der Waals surface area contributed by atoms with Crippen LogP contribution in [-0.2, 0) is 0 Å². The molecule has 0 spiro atoms. The molecule has 2 nitrogen and oxygen atoms in total. The predicted octanol–water partition coefficient (Wildman–Crippen LogP) is 4.17. The first-order valence-corrected chi connectivity index (χ1v) is 6.29. The van der Waals surface area contributed by atoms with Crippen molar-refractivity contribution >= 4 is 27.9 Å². The Balaban J connectivity index is 2.44. The molecule has 0 amide bonds. The molecule has 0 saturated carbocycles. The summed E-state index contributed by atoms with van der Waals surface area (Å²) in [5.74, 6) is 0.411. The van der Waals surface area contributed by atoms with Crippen molar-refractivity contribution in [3.05, 3.63) is 34.3 Å². The fourth-order valence-corrected chi connectivity index (χ4v) is 2.39. The summed E-state index contributed by atoms with van der Waals surface area (Å²) >= 11 is 7.40. The number of nitrogens with two attached hydrogens (primary N) is 1. The lowest BCUT2D eigenvalue weighted by Crippen LogP contribution is -1.87. The van der Waals surface area contributed by atoms with E-state index in [2.05, 4.69) is 18.8 Å². The second kappa shape index (κ2) is 4.44. The van der Waals surface area contributed by atoms with E-state index < -0.39 is 0 Å². The van der Waals surface area contributed by atoms with Gasteiger partial charge in [0.05, 0.1) is 5.01 Å². The highest BCUT2D eigenvalue weighted by Crippen LogP contribution is 2.33. The van der Waals surface area contributed by atoms with E-state index in [9.17, 15) is 0 Å². The van der Waals surface area contributed by atoms with Crippen molar-refractivity contribution in [1.82, 2.24) is 4.98 Å². The number of hydrogen-bond donors (Lipinski definition) is 1. The minimum absolute atomic E-state index is 0.411. The lowest BCUT2D eigenvalue weighted by Gasteiger charge is -1.99. The molecule has 0 atom stereocenters. The van der Waals surface area contributed by atoms with Crippen LogP contribution in [0, 0.1) is 0 Å². The Morgan fingerprint density at radius 3 is 2.38 bits per heavy atom. The molecule has 2 rings (SSSR count). The average molecular weight is 253 g/mol. The van der Waals surface area contributed by atoms with Gasteiger partial charge in [0.2, 0.25) is 0 Å². The molecule has 4 heteroatoms. The molecule has 0 bridgehead atoms. The van der Waals surface area contributed by atoms with Crippen molar-refractivity contribution < 1.29 is 0 Å². The van der Waals surface area contributed by atoms with E-state index in [-0.39, 0.29) is 0 Å². The fraction of sp³-hybridized carbons (Fsp3) is 0.250. The van der Waals surface area contributed by atoms with Crippen LogP contribution >= 0.6 is 22.9 Å². The summed E-state index contributed by atoms with van der Waals surface area (Å²) in [5, 5.41) is 2.56. The molecule has 0 fully saturated rings. The zero-order valence-corrected chi connectivity index (χ0v) is 10.8. The van der Waals surface area contributed by atoms with Gasteiger partial charge in [0.1, 0.15) is 10.7 Å². The number of anilines is 1. The van der Waals surface area contributed by atoms with Gasteiger partial charge in [-0.3, -0.25) is 0 Å². The summed E-state index contributed by atoms with van der Waals surface area (Å²) < 4.78 is 0. The fourth-order valence-electron chi connectivity index (χ4n) is 1.41. The summed E-state index contributed by atoms with van der Waals surface area (Å²) in [6.07, 6.45) is 0. The third kappa shape index (κ3) is 2.20. The second-order valence-corrected chi connectivity index (χ2v) is 5.43. The lowest BCUT2D eigenvalue weighted by molar-refractivity contribution is 0.854. The zero-order valence-electron chi connectivity index (χ0n) is 9.20. The van der Waals surface area contributed by atoms with E-state index in [1.54, 1.807) is 11.3 Å². The quantitative estimate of drug-likeness (QED) is 0.871. The molecule has 2 N–H and O–H groups in total. The maximum absolute atomic E-state index is 5.97. The highest BCUT2D eigenvalue weighted by molar-refractivity contribution is 7.16. The van der Waals surface area contributed by atoms with Crippen molar-refractivity contribution in [2.24, 2.45) is 0 Å². The monoisotopic (exact) mass is 252 g/mol. The molecule has 0 saturated heterocycles. The van der Waals surface area contributed by atoms with Crippen LogP contribution in [-0.4, -0.2) is 4.98 Å². The molecular formula is C12H13ClN2S. The molecule has 16 heavy (non-hydrogen) atoms. The highest BCUT2D eigenvalue weighted by atomic mass is 35.5. The number of thiazole rings is 1. The normalized spacial score (nSPS) is 11.0. The topological polar surface area (TPSA) is 38.9 Å². The van der Waals surface area contributed by atoms with E-state index in [0.717, 1.165) is 26.3 Å². The molecule has 1 aromatic heterocycles. The standard InChI is InChI=1S/C12H13ClN2S/c1-7(2)12-15-10(11(14)16-12)8-3-5-9(13)6-4-8/h3-7H,14H2,1-2H3. The molecule has 2 aromatic rings. The lowest BCUT2D eigenvalue weighted by atomic mass is 10.1. The number of benzene rings is 1. The number of rotatable bonds is 2. The number of hydrogen-bond acceptors (Lipinski definition) is 3. The highest BCUT2D eigenvalue weighted by Gasteiger charge is 2.12. The van der Waals surface area contributed by atoms with Gasteiger partial charge in [-0.25, -0.2) is 4.98 Å². The largest absolute Gasteiger partial charge is 0.389 e. The van der Waals surface area contributed by atoms with Crippen molar-refractivity contribution in [2.45, 2.75) is 19.8 Å². The molecule has 1 heterocycles. The minimum atomic E-state index is 0.411. The smallest absolute Gasteiger partial charge is 0.114 e. The number of aromatic nitrogens is 1. The first kappa shape index (κ1) is 11.4. The van der Waals surface area contributed by atoms with E-state index in [1.165, 1.54) is 0 Å². The zero-order chi connectivity index (χ0) is 11.7. The summed E-state index contributed by atoms with van der Waals surface area (Å²) in [6.45, 7) is 4.23. The van der Waals surface area contributed by atoms with Crippen molar-refractivity contribution in [3.8, 4) is 11.3 Å². The Labute approximate surface area is 104 Å². The van der Waals surface area contributed by atoms with Gasteiger partial charge in [-0.2, -0.15) is 0 Å². The molecule has 0 aliphatic carbocycles. The first-order valence-electron chi connectivity index (χ1n) is 5.10. The van der Waals surface area contributed by atoms with Gasteiger partial charge in [-0.1, -0.05) is 37.6 Å². The van der Waals surface area contributed by atoms with E-state index >= 15 is 0 Å². The van der Waals surface area contributed by atoms with Crippen molar-refractivity contribution in [3.63, 3.8) is 0 Å². The minimum Gasteiger partial charge on any atom is -0.389 e. The molecular weight excluding hydrogens is 240 g/mol. The van der Waals surface area contributed by atoms with Gasteiger partial charge in [0.25, 0.3) is 0 Å².